The molecule has 7 heteroatoms. The molecule has 0 spiro atoms. The number of hydrogen-bond donors (Lipinski definition) is 4. The second-order valence-corrected chi connectivity index (χ2v) is 11.3. The van der Waals surface area contributed by atoms with Gasteiger partial charge in [-0.3, -0.25) is 9.88 Å². The van der Waals surface area contributed by atoms with Crippen molar-refractivity contribution in [3.8, 4) is 11.1 Å². The predicted octanol–water partition coefficient (Wildman–Crippen LogP) is 4.84. The highest BCUT2D eigenvalue weighted by Gasteiger charge is 2.19. The summed E-state index contributed by atoms with van der Waals surface area (Å²) in [5.41, 5.74) is 8.01. The van der Waals surface area contributed by atoms with Crippen molar-refractivity contribution >= 4 is 20.2 Å². The maximum atomic E-state index is 10.2. The van der Waals surface area contributed by atoms with Crippen molar-refractivity contribution in [3.05, 3.63) is 65.2 Å². The molecule has 0 saturated heterocycles. The number of carbonyl (C=O) groups is 1. The molecule has 2 aromatic carbocycles. The van der Waals surface area contributed by atoms with Crippen molar-refractivity contribution in [1.82, 2.24) is 20.8 Å². The molecule has 1 atom stereocenters. The van der Waals surface area contributed by atoms with E-state index in [1.807, 2.05) is 0 Å². The molecule has 6 nitrogen and oxygen atoms in total. The van der Waals surface area contributed by atoms with E-state index >= 15 is 0 Å². The maximum Gasteiger partial charge on any atom is 0.207 e. The quantitative estimate of drug-likeness (QED) is 0.109. The molecule has 0 bridgehead atoms. The van der Waals surface area contributed by atoms with Crippen LogP contribution in [0, 0.1) is 0 Å². The normalized spacial score (nSPS) is 13.5. The van der Waals surface area contributed by atoms with Crippen LogP contribution in [0.4, 0.5) is 0 Å². The molecule has 2 aromatic rings. The summed E-state index contributed by atoms with van der Waals surface area (Å²) in [7, 11) is -0.292. The average molecular weight is 497 g/mol. The number of allylic oxidation sites excluding steroid dienone is 1. The Kier molecular flexibility index (Phi) is 11.7. The van der Waals surface area contributed by atoms with Crippen molar-refractivity contribution in [2.75, 3.05) is 45.6 Å². The van der Waals surface area contributed by atoms with Gasteiger partial charge in [0.25, 0.3) is 0 Å². The molecule has 1 fully saturated rings. The molecule has 1 saturated carbocycles. The van der Waals surface area contributed by atoms with Crippen LogP contribution in [-0.2, 0) is 11.2 Å². The number of nitrogens with zero attached hydrogens (tertiary/aromatic N) is 1. The fraction of sp³-hybridized carbons (Fsp3) is 0.464. The van der Waals surface area contributed by atoms with Crippen LogP contribution >= 0.6 is 8.07 Å². The van der Waals surface area contributed by atoms with E-state index in [2.05, 4.69) is 77.8 Å². The summed E-state index contributed by atoms with van der Waals surface area (Å²) in [4.78, 5) is 10.2. The van der Waals surface area contributed by atoms with Crippen LogP contribution in [0.1, 0.15) is 43.7 Å². The van der Waals surface area contributed by atoms with Gasteiger partial charge >= 0.3 is 0 Å². The number of hydrogen-bond acceptors (Lipinski definition) is 5. The Balaban J connectivity index is 1.38. The van der Waals surface area contributed by atoms with Crippen LogP contribution in [0.3, 0.4) is 0 Å². The van der Waals surface area contributed by atoms with Gasteiger partial charge in [0.2, 0.25) is 6.41 Å². The summed E-state index contributed by atoms with van der Waals surface area (Å²) in [6.45, 7) is 8.08. The minimum absolute atomic E-state index is 0.292. The Morgan fingerprint density at radius 3 is 2.29 bits per heavy atom. The molecule has 1 unspecified atom stereocenters. The number of amides is 1. The number of rotatable bonds is 17. The summed E-state index contributed by atoms with van der Waals surface area (Å²) in [5.74, 6) is 0. The first-order valence-electron chi connectivity index (χ1n) is 12.8. The summed E-state index contributed by atoms with van der Waals surface area (Å²) in [6.07, 6.45) is 6.99. The monoisotopic (exact) mass is 496 g/mol. The van der Waals surface area contributed by atoms with Crippen molar-refractivity contribution in [3.63, 3.8) is 0 Å². The van der Waals surface area contributed by atoms with Crippen LogP contribution in [0.15, 0.2) is 54.1 Å². The summed E-state index contributed by atoms with van der Waals surface area (Å²) >= 11 is 0. The topological polar surface area (TPSA) is 76.6 Å². The summed E-state index contributed by atoms with van der Waals surface area (Å²) in [5, 5.41) is 21.3. The van der Waals surface area contributed by atoms with E-state index in [9.17, 15) is 10.0 Å². The van der Waals surface area contributed by atoms with Crippen LogP contribution < -0.4 is 15.7 Å². The molecule has 4 N–H and O–H groups in total. The Morgan fingerprint density at radius 2 is 1.66 bits per heavy atom. The number of aryl methyl sites for hydroxylation is 1. The lowest BCUT2D eigenvalue weighted by Gasteiger charge is -2.19. The van der Waals surface area contributed by atoms with Crippen LogP contribution in [0.2, 0.25) is 0 Å². The fourth-order valence-electron chi connectivity index (χ4n) is 4.00. The Labute approximate surface area is 212 Å². The van der Waals surface area contributed by atoms with Gasteiger partial charge in [-0.15, -0.1) is 0 Å². The van der Waals surface area contributed by atoms with E-state index in [1.165, 1.54) is 51.4 Å². The Morgan fingerprint density at radius 1 is 0.971 bits per heavy atom. The molecule has 0 radical (unpaired) electrons. The molecular formula is C28H41N4O2P. The first-order valence-corrected chi connectivity index (χ1v) is 14.8. The molecule has 0 heterocycles. The maximum absolute atomic E-state index is 10.2. The van der Waals surface area contributed by atoms with E-state index in [1.54, 1.807) is 0 Å². The predicted molar refractivity (Wildman–Crippen MR) is 148 cm³/mol. The molecule has 190 valence electrons. The first-order chi connectivity index (χ1) is 17.1. The van der Waals surface area contributed by atoms with Gasteiger partial charge < -0.3 is 15.8 Å². The molecule has 3 rings (SSSR count). The summed E-state index contributed by atoms with van der Waals surface area (Å²) < 4.78 is 0. The highest BCUT2D eigenvalue weighted by atomic mass is 31.1. The van der Waals surface area contributed by atoms with Gasteiger partial charge in [-0.25, -0.2) is 0 Å². The van der Waals surface area contributed by atoms with Crippen molar-refractivity contribution in [2.45, 2.75) is 39.0 Å². The van der Waals surface area contributed by atoms with Gasteiger partial charge in [0, 0.05) is 38.4 Å². The third kappa shape index (κ3) is 9.73. The molecule has 0 aliphatic heterocycles. The van der Waals surface area contributed by atoms with Gasteiger partial charge in [0.15, 0.2) is 0 Å². The minimum atomic E-state index is -0.292. The molecule has 35 heavy (non-hydrogen) atoms. The standard InChI is InChI=1S/C28H41N4O2P/c1-3-23-6-8-24(9-7-23)25-10-12-26(13-11-25)28(27-14-15-27)30-18-21-35(2)31-17-20-32(34)19-5-4-16-29-22-33/h6-13,22,30-31,34H,3-5,14-21H2,1-2H3,(H,29,33). The molecule has 1 amide bonds. The lowest BCUT2D eigenvalue weighted by Crippen LogP contribution is -2.29. The largest absolute Gasteiger partial charge is 0.384 e. The lowest BCUT2D eigenvalue weighted by molar-refractivity contribution is -0.109. The van der Waals surface area contributed by atoms with Gasteiger partial charge in [-0.05, 0) is 80.8 Å². The number of unbranched alkanes of at least 4 members (excludes halogenated alkanes) is 1. The van der Waals surface area contributed by atoms with E-state index in [4.69, 9.17) is 0 Å². The minimum Gasteiger partial charge on any atom is -0.384 e. The van der Waals surface area contributed by atoms with Crippen molar-refractivity contribution in [2.24, 2.45) is 0 Å². The van der Waals surface area contributed by atoms with Crippen LogP contribution in [0.25, 0.3) is 16.8 Å². The highest BCUT2D eigenvalue weighted by Crippen LogP contribution is 2.36. The zero-order valence-electron chi connectivity index (χ0n) is 21.2. The number of nitrogens with one attached hydrogen (secondary N) is 3. The zero-order valence-corrected chi connectivity index (χ0v) is 22.1. The average Bonchev–Trinajstić information content (AvgIpc) is 3.72. The van der Waals surface area contributed by atoms with Gasteiger partial charge in [-0.1, -0.05) is 55.5 Å². The Bertz CT molecular complexity index is 925. The van der Waals surface area contributed by atoms with Gasteiger partial charge in [0.1, 0.15) is 0 Å². The van der Waals surface area contributed by atoms with E-state index in [0.29, 0.717) is 26.0 Å². The van der Waals surface area contributed by atoms with Crippen molar-refractivity contribution in [1.29, 1.82) is 0 Å². The second kappa shape index (κ2) is 15.0. The molecular weight excluding hydrogens is 455 g/mol. The van der Waals surface area contributed by atoms with Crippen molar-refractivity contribution < 1.29 is 10.0 Å². The van der Waals surface area contributed by atoms with Crippen LogP contribution in [-0.4, -0.2) is 62.2 Å². The number of benzene rings is 2. The smallest absolute Gasteiger partial charge is 0.207 e. The highest BCUT2D eigenvalue weighted by molar-refractivity contribution is 7.54. The number of carbonyl (C=O) groups excluding carboxylic acids is 1. The fourth-order valence-corrected chi connectivity index (χ4v) is 5.08. The SMILES string of the molecule is CCc1ccc(-c2ccc(C(NCCP(C)NCCN(O)CCCCNC=O)=C3CC3)cc2)cc1. The first kappa shape index (κ1) is 27.3. The number of hydroxylamine groups is 2. The summed E-state index contributed by atoms with van der Waals surface area (Å²) in [6, 6.07) is 17.8. The Hall–Kier alpha value is -2.24. The third-order valence-corrected chi connectivity index (χ3v) is 7.95. The van der Waals surface area contributed by atoms with E-state index in [0.717, 1.165) is 38.5 Å². The second-order valence-electron chi connectivity index (χ2n) is 9.10. The van der Waals surface area contributed by atoms with E-state index < -0.39 is 0 Å². The molecule has 1 aliphatic rings. The van der Waals surface area contributed by atoms with E-state index in [-0.39, 0.29) is 8.07 Å². The zero-order chi connectivity index (χ0) is 24.9. The van der Waals surface area contributed by atoms with Gasteiger partial charge in [-0.2, -0.15) is 5.06 Å². The van der Waals surface area contributed by atoms with Crippen LogP contribution in [0.5, 0.6) is 0 Å². The van der Waals surface area contributed by atoms with Gasteiger partial charge in [0.05, 0.1) is 0 Å². The third-order valence-electron chi connectivity index (χ3n) is 6.29. The molecule has 0 aromatic heterocycles. The lowest BCUT2D eigenvalue weighted by atomic mass is 10.0. The molecule has 1 aliphatic carbocycles.